The summed E-state index contributed by atoms with van der Waals surface area (Å²) in [5.41, 5.74) is 5.62. The average Bonchev–Trinajstić information content (AvgIpc) is 2.67. The van der Waals surface area contributed by atoms with Crippen LogP contribution in [0.25, 0.3) is 0 Å². The SMILES string of the molecule is NCC1CCC(Oc2ccncc2)C1. The number of aromatic nitrogens is 1. The molecule has 76 valence electrons. The Labute approximate surface area is 84.3 Å². The van der Waals surface area contributed by atoms with Crippen LogP contribution in [0.2, 0.25) is 0 Å². The summed E-state index contributed by atoms with van der Waals surface area (Å²) in [5.74, 6) is 1.57. The lowest BCUT2D eigenvalue weighted by Crippen LogP contribution is -2.15. The van der Waals surface area contributed by atoms with E-state index in [0.717, 1.165) is 25.1 Å². The van der Waals surface area contributed by atoms with Crippen molar-refractivity contribution in [1.82, 2.24) is 4.98 Å². The molecule has 1 aromatic heterocycles. The zero-order valence-electron chi connectivity index (χ0n) is 8.23. The molecule has 0 aliphatic heterocycles. The van der Waals surface area contributed by atoms with E-state index in [1.165, 1.54) is 6.42 Å². The van der Waals surface area contributed by atoms with Gasteiger partial charge in [0.1, 0.15) is 5.75 Å². The Morgan fingerprint density at radius 3 is 2.79 bits per heavy atom. The molecule has 2 atom stereocenters. The zero-order chi connectivity index (χ0) is 9.80. The number of pyridine rings is 1. The van der Waals surface area contributed by atoms with Gasteiger partial charge in [-0.1, -0.05) is 0 Å². The number of ether oxygens (including phenoxy) is 1. The number of nitrogens with two attached hydrogens (primary N) is 1. The molecule has 0 aromatic carbocycles. The van der Waals surface area contributed by atoms with Crippen LogP contribution < -0.4 is 10.5 Å². The van der Waals surface area contributed by atoms with Crippen molar-refractivity contribution < 1.29 is 4.74 Å². The van der Waals surface area contributed by atoms with Crippen molar-refractivity contribution in [3.63, 3.8) is 0 Å². The number of hydrogen-bond donors (Lipinski definition) is 1. The van der Waals surface area contributed by atoms with Gasteiger partial charge >= 0.3 is 0 Å². The maximum atomic E-state index is 5.81. The highest BCUT2D eigenvalue weighted by Gasteiger charge is 2.24. The highest BCUT2D eigenvalue weighted by Crippen LogP contribution is 2.28. The van der Waals surface area contributed by atoms with Crippen molar-refractivity contribution in [3.8, 4) is 5.75 Å². The molecule has 0 radical (unpaired) electrons. The van der Waals surface area contributed by atoms with E-state index in [2.05, 4.69) is 4.98 Å². The Morgan fingerprint density at radius 1 is 1.36 bits per heavy atom. The van der Waals surface area contributed by atoms with E-state index in [4.69, 9.17) is 10.5 Å². The summed E-state index contributed by atoms with van der Waals surface area (Å²) < 4.78 is 5.81. The first kappa shape index (κ1) is 9.46. The van der Waals surface area contributed by atoms with Gasteiger partial charge in [0.15, 0.2) is 0 Å². The van der Waals surface area contributed by atoms with Gasteiger partial charge < -0.3 is 10.5 Å². The topological polar surface area (TPSA) is 48.1 Å². The van der Waals surface area contributed by atoms with Crippen LogP contribution in [0.15, 0.2) is 24.5 Å². The normalized spacial score (nSPS) is 26.4. The van der Waals surface area contributed by atoms with Crippen LogP contribution in [0.5, 0.6) is 5.75 Å². The van der Waals surface area contributed by atoms with Crippen molar-refractivity contribution >= 4 is 0 Å². The van der Waals surface area contributed by atoms with E-state index in [0.29, 0.717) is 12.0 Å². The zero-order valence-corrected chi connectivity index (χ0v) is 8.23. The van der Waals surface area contributed by atoms with E-state index < -0.39 is 0 Å². The smallest absolute Gasteiger partial charge is 0.122 e. The average molecular weight is 192 g/mol. The molecule has 1 aromatic rings. The summed E-state index contributed by atoms with van der Waals surface area (Å²) in [4.78, 5) is 3.95. The third-order valence-electron chi connectivity index (χ3n) is 2.78. The van der Waals surface area contributed by atoms with E-state index in [1.807, 2.05) is 12.1 Å². The molecule has 2 N–H and O–H groups in total. The fourth-order valence-corrected chi connectivity index (χ4v) is 1.96. The first-order chi connectivity index (χ1) is 6.88. The van der Waals surface area contributed by atoms with Crippen LogP contribution >= 0.6 is 0 Å². The molecule has 1 fully saturated rings. The van der Waals surface area contributed by atoms with Crippen molar-refractivity contribution in [2.45, 2.75) is 25.4 Å². The monoisotopic (exact) mass is 192 g/mol. The van der Waals surface area contributed by atoms with E-state index in [-0.39, 0.29) is 0 Å². The molecule has 3 heteroatoms. The van der Waals surface area contributed by atoms with Crippen LogP contribution in [0.1, 0.15) is 19.3 Å². The summed E-state index contributed by atoms with van der Waals surface area (Å²) >= 11 is 0. The van der Waals surface area contributed by atoms with Gasteiger partial charge in [-0.25, -0.2) is 0 Å². The van der Waals surface area contributed by atoms with Crippen molar-refractivity contribution in [2.24, 2.45) is 11.7 Å². The molecule has 0 spiro atoms. The molecule has 14 heavy (non-hydrogen) atoms. The quantitative estimate of drug-likeness (QED) is 0.791. The van der Waals surface area contributed by atoms with Crippen molar-refractivity contribution in [2.75, 3.05) is 6.54 Å². The minimum Gasteiger partial charge on any atom is -0.490 e. The molecular weight excluding hydrogens is 176 g/mol. The van der Waals surface area contributed by atoms with Crippen LogP contribution in [-0.4, -0.2) is 17.6 Å². The van der Waals surface area contributed by atoms with Crippen LogP contribution in [0, 0.1) is 5.92 Å². The van der Waals surface area contributed by atoms with E-state index >= 15 is 0 Å². The minimum absolute atomic E-state index is 0.353. The third kappa shape index (κ3) is 2.23. The van der Waals surface area contributed by atoms with E-state index in [9.17, 15) is 0 Å². The maximum Gasteiger partial charge on any atom is 0.122 e. The van der Waals surface area contributed by atoms with Crippen LogP contribution in [-0.2, 0) is 0 Å². The summed E-state index contributed by atoms with van der Waals surface area (Å²) in [5, 5.41) is 0. The Morgan fingerprint density at radius 2 is 2.14 bits per heavy atom. The molecule has 0 bridgehead atoms. The number of nitrogens with zero attached hydrogens (tertiary/aromatic N) is 1. The van der Waals surface area contributed by atoms with Gasteiger partial charge in [-0.15, -0.1) is 0 Å². The molecule has 1 heterocycles. The lowest BCUT2D eigenvalue weighted by Gasteiger charge is -2.13. The van der Waals surface area contributed by atoms with E-state index in [1.54, 1.807) is 12.4 Å². The predicted octanol–water partition coefficient (Wildman–Crippen LogP) is 1.59. The van der Waals surface area contributed by atoms with Gasteiger partial charge in [-0.3, -0.25) is 4.98 Å². The lowest BCUT2D eigenvalue weighted by molar-refractivity contribution is 0.204. The summed E-state index contributed by atoms with van der Waals surface area (Å²) in [6, 6.07) is 3.80. The van der Waals surface area contributed by atoms with Crippen molar-refractivity contribution in [1.29, 1.82) is 0 Å². The minimum atomic E-state index is 0.353. The molecule has 0 amide bonds. The van der Waals surface area contributed by atoms with Gasteiger partial charge in [0, 0.05) is 12.4 Å². The fraction of sp³-hybridized carbons (Fsp3) is 0.545. The number of rotatable bonds is 3. The second-order valence-electron chi connectivity index (χ2n) is 3.84. The van der Waals surface area contributed by atoms with Crippen molar-refractivity contribution in [3.05, 3.63) is 24.5 Å². The molecule has 1 aliphatic rings. The van der Waals surface area contributed by atoms with Crippen LogP contribution in [0.4, 0.5) is 0 Å². The lowest BCUT2D eigenvalue weighted by atomic mass is 10.1. The predicted molar refractivity (Wildman–Crippen MR) is 55.0 cm³/mol. The molecule has 2 unspecified atom stereocenters. The fourth-order valence-electron chi connectivity index (χ4n) is 1.96. The summed E-state index contributed by atoms with van der Waals surface area (Å²) in [7, 11) is 0. The second-order valence-corrected chi connectivity index (χ2v) is 3.84. The first-order valence-electron chi connectivity index (χ1n) is 5.15. The summed E-state index contributed by atoms with van der Waals surface area (Å²) in [6.45, 7) is 0.788. The molecule has 1 saturated carbocycles. The molecule has 0 saturated heterocycles. The first-order valence-corrected chi connectivity index (χ1v) is 5.15. The number of hydrogen-bond acceptors (Lipinski definition) is 3. The Bertz CT molecular complexity index is 276. The van der Waals surface area contributed by atoms with Crippen LogP contribution in [0.3, 0.4) is 0 Å². The highest BCUT2D eigenvalue weighted by atomic mass is 16.5. The molecule has 3 nitrogen and oxygen atoms in total. The Hall–Kier alpha value is -1.09. The summed E-state index contributed by atoms with van der Waals surface area (Å²) in [6.07, 6.45) is 7.29. The maximum absolute atomic E-state index is 5.81. The van der Waals surface area contributed by atoms with Gasteiger partial charge in [0.25, 0.3) is 0 Å². The van der Waals surface area contributed by atoms with Gasteiger partial charge in [0.05, 0.1) is 6.10 Å². The highest BCUT2D eigenvalue weighted by molar-refractivity contribution is 5.17. The van der Waals surface area contributed by atoms with Gasteiger partial charge in [0.2, 0.25) is 0 Å². The molecular formula is C11H16N2O. The standard InChI is InChI=1S/C11H16N2O/c12-8-9-1-2-11(7-9)14-10-3-5-13-6-4-10/h3-6,9,11H,1-2,7-8,12H2. The largest absolute Gasteiger partial charge is 0.490 e. The second kappa shape index (κ2) is 4.42. The molecule has 1 aliphatic carbocycles. The van der Waals surface area contributed by atoms with Gasteiger partial charge in [-0.2, -0.15) is 0 Å². The molecule has 2 rings (SSSR count). The Kier molecular flexibility index (Phi) is 2.99. The third-order valence-corrected chi connectivity index (χ3v) is 2.78. The van der Waals surface area contributed by atoms with Gasteiger partial charge in [-0.05, 0) is 43.9 Å². The Balaban J connectivity index is 1.88.